The minimum absolute atomic E-state index is 0. The van der Waals surface area contributed by atoms with E-state index >= 15 is 0 Å². The van der Waals surface area contributed by atoms with Crippen molar-refractivity contribution >= 4 is 0 Å². The van der Waals surface area contributed by atoms with Crippen LogP contribution in [-0.2, 0) is 16.8 Å². The molecule has 0 aromatic heterocycles. The summed E-state index contributed by atoms with van der Waals surface area (Å²) in [7, 11) is 3.05. The molecule has 6 nitrogen and oxygen atoms in total. The number of hydrogen-bond acceptors (Lipinski definition) is 4. The molecule has 0 aliphatic rings. The van der Waals surface area contributed by atoms with E-state index in [1.165, 1.54) is 14.2 Å². The molecule has 0 aliphatic heterocycles. The molecule has 2 aromatic rings. The van der Waals surface area contributed by atoms with Gasteiger partial charge in [-0.3, -0.25) is 0 Å². The summed E-state index contributed by atoms with van der Waals surface area (Å²) in [5.41, 5.74) is 0. The fourth-order valence-electron chi connectivity index (χ4n) is 1.26. The van der Waals surface area contributed by atoms with Crippen molar-refractivity contribution < 1.29 is 47.4 Å². The van der Waals surface area contributed by atoms with Gasteiger partial charge in [-0.1, -0.05) is 24.3 Å². The summed E-state index contributed by atoms with van der Waals surface area (Å²) in [5, 5.41) is 18.0. The van der Waals surface area contributed by atoms with Gasteiger partial charge in [0.15, 0.2) is 23.0 Å². The van der Waals surface area contributed by atoms with E-state index in [2.05, 4.69) is 0 Å². The van der Waals surface area contributed by atoms with Gasteiger partial charge in [0.05, 0.1) is 14.2 Å². The van der Waals surface area contributed by atoms with E-state index in [0.29, 0.717) is 11.5 Å². The van der Waals surface area contributed by atoms with Crippen molar-refractivity contribution in [2.45, 2.75) is 0 Å². The zero-order valence-electron chi connectivity index (χ0n) is 11.7. The number of hydrogen-bond donors (Lipinski definition) is 2. The summed E-state index contributed by atoms with van der Waals surface area (Å²) in [6.45, 7) is 0. The van der Waals surface area contributed by atoms with E-state index in [1.54, 1.807) is 48.5 Å². The Balaban J connectivity index is -0.000000270. The largest absolute Gasteiger partial charge is 0.504 e. The average molecular weight is 343 g/mol. The quantitative estimate of drug-likeness (QED) is 0.849. The molecule has 0 amide bonds. The second-order valence-electron chi connectivity index (χ2n) is 3.34. The van der Waals surface area contributed by atoms with Crippen LogP contribution in [0.5, 0.6) is 23.0 Å². The molecule has 0 saturated heterocycles. The van der Waals surface area contributed by atoms with Gasteiger partial charge in [0.1, 0.15) is 0 Å². The third kappa shape index (κ3) is 8.05. The Labute approximate surface area is 133 Å². The number of ether oxygens (including phenoxy) is 2. The molecule has 0 spiro atoms. The van der Waals surface area contributed by atoms with Crippen molar-refractivity contribution in [1.82, 2.24) is 0 Å². The van der Waals surface area contributed by atoms with Crippen molar-refractivity contribution in [1.29, 1.82) is 0 Å². The smallest absolute Gasteiger partial charge is 0.160 e. The summed E-state index contributed by atoms with van der Waals surface area (Å²) in [4.78, 5) is 0. The van der Waals surface area contributed by atoms with Crippen molar-refractivity contribution in [3.63, 3.8) is 0 Å². The second-order valence-corrected chi connectivity index (χ2v) is 3.34. The van der Waals surface area contributed by atoms with Gasteiger partial charge in [0.25, 0.3) is 0 Å². The standard InChI is InChI=1S/2C7H8O2.Co.2H2O/c2*1-9-7-5-3-2-4-6(7)8;;;/h2*2-5,8H,1H3;;2*1H2. The van der Waals surface area contributed by atoms with Crippen molar-refractivity contribution in [3.05, 3.63) is 48.5 Å². The van der Waals surface area contributed by atoms with Gasteiger partial charge < -0.3 is 30.6 Å². The molecule has 2 rings (SSSR count). The minimum atomic E-state index is 0. The zero-order valence-corrected chi connectivity index (χ0v) is 12.7. The zero-order chi connectivity index (χ0) is 13.4. The molecule has 0 fully saturated rings. The maximum Gasteiger partial charge on any atom is 0.160 e. The number of benzene rings is 2. The minimum Gasteiger partial charge on any atom is -0.504 e. The third-order valence-electron chi connectivity index (χ3n) is 2.17. The van der Waals surface area contributed by atoms with Crippen LogP contribution in [0, 0.1) is 0 Å². The van der Waals surface area contributed by atoms with E-state index in [0.717, 1.165) is 0 Å². The van der Waals surface area contributed by atoms with Crippen LogP contribution in [0.15, 0.2) is 48.5 Å². The van der Waals surface area contributed by atoms with Crippen LogP contribution in [0.4, 0.5) is 0 Å². The molecule has 0 unspecified atom stereocenters. The Morgan fingerprint density at radius 3 is 1.14 bits per heavy atom. The normalized spacial score (nSPS) is 7.71. The first-order chi connectivity index (χ1) is 8.69. The van der Waals surface area contributed by atoms with E-state index in [-0.39, 0.29) is 39.2 Å². The van der Waals surface area contributed by atoms with Gasteiger partial charge in [0, 0.05) is 16.8 Å². The predicted octanol–water partition coefficient (Wildman–Crippen LogP) is 1.15. The predicted molar refractivity (Wildman–Crippen MR) is 76.5 cm³/mol. The molecular weight excluding hydrogens is 323 g/mol. The third-order valence-corrected chi connectivity index (χ3v) is 2.17. The maximum absolute atomic E-state index is 8.99. The van der Waals surface area contributed by atoms with E-state index in [1.807, 2.05) is 0 Å². The van der Waals surface area contributed by atoms with Crippen LogP contribution >= 0.6 is 0 Å². The Bertz CT molecular complexity index is 447. The molecule has 1 radical (unpaired) electrons. The first-order valence-electron chi connectivity index (χ1n) is 5.33. The maximum atomic E-state index is 8.99. The number of rotatable bonds is 2. The topological polar surface area (TPSA) is 122 Å². The van der Waals surface area contributed by atoms with E-state index < -0.39 is 0 Å². The Kier molecular flexibility index (Phi) is 15.0. The van der Waals surface area contributed by atoms with Crippen LogP contribution in [0.2, 0.25) is 0 Å². The van der Waals surface area contributed by atoms with Crippen molar-refractivity contribution in [3.8, 4) is 23.0 Å². The van der Waals surface area contributed by atoms with E-state index in [9.17, 15) is 0 Å². The molecule has 7 heteroatoms. The molecule has 0 atom stereocenters. The molecule has 0 heterocycles. The number of phenols is 2. The van der Waals surface area contributed by atoms with Crippen LogP contribution in [0.3, 0.4) is 0 Å². The van der Waals surface area contributed by atoms with Gasteiger partial charge in [0.2, 0.25) is 0 Å². The molecule has 0 saturated carbocycles. The molecule has 21 heavy (non-hydrogen) atoms. The van der Waals surface area contributed by atoms with Crippen LogP contribution in [0.1, 0.15) is 0 Å². The molecule has 121 valence electrons. The first kappa shape index (κ1) is 24.1. The fraction of sp³-hybridized carbons (Fsp3) is 0.143. The molecular formula is C14H20CoO6. The molecule has 0 bridgehead atoms. The van der Waals surface area contributed by atoms with Gasteiger partial charge in [-0.15, -0.1) is 0 Å². The number of phenolic OH excluding ortho intramolecular Hbond substituents is 2. The fourth-order valence-corrected chi connectivity index (χ4v) is 1.26. The van der Waals surface area contributed by atoms with Gasteiger partial charge in [-0.2, -0.15) is 0 Å². The molecule has 6 N–H and O–H groups in total. The van der Waals surface area contributed by atoms with Crippen LogP contribution in [-0.4, -0.2) is 35.4 Å². The van der Waals surface area contributed by atoms with Crippen LogP contribution < -0.4 is 9.47 Å². The molecule has 2 aromatic carbocycles. The Morgan fingerprint density at radius 2 is 0.952 bits per heavy atom. The second kappa shape index (κ2) is 13.1. The van der Waals surface area contributed by atoms with Crippen LogP contribution in [0.25, 0.3) is 0 Å². The molecule has 0 aliphatic carbocycles. The Hall–Kier alpha value is -1.93. The van der Waals surface area contributed by atoms with Crippen molar-refractivity contribution in [2.75, 3.05) is 14.2 Å². The number of methoxy groups -OCH3 is 2. The monoisotopic (exact) mass is 343 g/mol. The SMILES string of the molecule is COc1ccccc1O.COc1ccccc1O.O.O.[Co]. The number of para-hydroxylation sites is 4. The summed E-state index contributed by atoms with van der Waals surface area (Å²) in [5.74, 6) is 1.38. The summed E-state index contributed by atoms with van der Waals surface area (Å²) < 4.78 is 9.59. The van der Waals surface area contributed by atoms with E-state index in [4.69, 9.17) is 19.7 Å². The van der Waals surface area contributed by atoms with Gasteiger partial charge >= 0.3 is 0 Å². The number of aromatic hydroxyl groups is 2. The first-order valence-corrected chi connectivity index (χ1v) is 5.33. The summed E-state index contributed by atoms with van der Waals surface area (Å²) >= 11 is 0. The average Bonchev–Trinajstić information content (AvgIpc) is 2.41. The summed E-state index contributed by atoms with van der Waals surface area (Å²) in [6, 6.07) is 13.7. The van der Waals surface area contributed by atoms with Gasteiger partial charge in [-0.05, 0) is 24.3 Å². The van der Waals surface area contributed by atoms with Gasteiger partial charge in [-0.25, -0.2) is 0 Å². The van der Waals surface area contributed by atoms with Crippen molar-refractivity contribution in [2.24, 2.45) is 0 Å². The summed E-state index contributed by atoms with van der Waals surface area (Å²) in [6.07, 6.45) is 0. The Morgan fingerprint density at radius 1 is 0.667 bits per heavy atom.